The minimum absolute atomic E-state index is 0.0631. The van der Waals surface area contributed by atoms with Crippen molar-refractivity contribution < 1.29 is 9.53 Å². The maximum atomic E-state index is 13.0. The van der Waals surface area contributed by atoms with Crippen molar-refractivity contribution in [3.63, 3.8) is 0 Å². The Labute approximate surface area is 136 Å². The summed E-state index contributed by atoms with van der Waals surface area (Å²) in [5, 5.41) is 0. The Hall–Kier alpha value is -2.49. The molecule has 4 heteroatoms. The van der Waals surface area contributed by atoms with Crippen molar-refractivity contribution in [2.45, 2.75) is 32.4 Å². The van der Waals surface area contributed by atoms with Gasteiger partial charge in [0.1, 0.15) is 5.75 Å². The molecule has 4 nitrogen and oxygen atoms in total. The fourth-order valence-corrected chi connectivity index (χ4v) is 2.71. The lowest BCUT2D eigenvalue weighted by Gasteiger charge is -2.24. The van der Waals surface area contributed by atoms with Gasteiger partial charge in [0.05, 0.1) is 7.11 Å². The predicted molar refractivity (Wildman–Crippen MR) is 91.5 cm³/mol. The number of amides is 1. The molecule has 1 aliphatic carbocycles. The summed E-state index contributed by atoms with van der Waals surface area (Å²) >= 11 is 0. The first-order chi connectivity index (χ1) is 11.1. The van der Waals surface area contributed by atoms with E-state index in [1.165, 1.54) is 0 Å². The Morgan fingerprint density at radius 2 is 1.91 bits per heavy atom. The number of anilines is 1. The highest BCUT2D eigenvalue weighted by molar-refractivity contribution is 5.96. The summed E-state index contributed by atoms with van der Waals surface area (Å²) in [4.78, 5) is 14.9. The van der Waals surface area contributed by atoms with E-state index in [9.17, 15) is 4.79 Å². The summed E-state index contributed by atoms with van der Waals surface area (Å²) in [6, 6.07) is 13.7. The molecule has 0 spiro atoms. The van der Waals surface area contributed by atoms with E-state index in [0.29, 0.717) is 23.8 Å². The van der Waals surface area contributed by atoms with Crippen LogP contribution >= 0.6 is 0 Å². The van der Waals surface area contributed by atoms with E-state index in [-0.39, 0.29) is 5.91 Å². The third kappa shape index (κ3) is 3.47. The van der Waals surface area contributed by atoms with Gasteiger partial charge in [-0.3, -0.25) is 4.79 Å². The van der Waals surface area contributed by atoms with Crippen LogP contribution in [0.3, 0.4) is 0 Å². The van der Waals surface area contributed by atoms with E-state index in [1.807, 2.05) is 48.2 Å². The number of nitrogens with two attached hydrogens (primary N) is 1. The topological polar surface area (TPSA) is 55.6 Å². The van der Waals surface area contributed by atoms with E-state index >= 15 is 0 Å². The first kappa shape index (κ1) is 15.4. The van der Waals surface area contributed by atoms with Crippen LogP contribution in [0.15, 0.2) is 42.5 Å². The first-order valence-electron chi connectivity index (χ1n) is 7.88. The van der Waals surface area contributed by atoms with Crippen molar-refractivity contribution in [2.24, 2.45) is 0 Å². The van der Waals surface area contributed by atoms with E-state index in [0.717, 1.165) is 29.7 Å². The number of carbonyl (C=O) groups is 1. The third-order valence-electron chi connectivity index (χ3n) is 4.25. The average molecular weight is 310 g/mol. The number of hydrogen-bond donors (Lipinski definition) is 1. The molecule has 2 aromatic carbocycles. The van der Waals surface area contributed by atoms with Gasteiger partial charge in [-0.2, -0.15) is 0 Å². The van der Waals surface area contributed by atoms with Crippen molar-refractivity contribution >= 4 is 11.6 Å². The van der Waals surface area contributed by atoms with Gasteiger partial charge in [0.25, 0.3) is 5.91 Å². The molecule has 1 aliphatic rings. The number of carbonyl (C=O) groups excluding carboxylic acids is 1. The highest BCUT2D eigenvalue weighted by atomic mass is 16.5. The number of ether oxygens (including phenoxy) is 1. The Balaban J connectivity index is 1.83. The van der Waals surface area contributed by atoms with Crippen LogP contribution < -0.4 is 10.5 Å². The van der Waals surface area contributed by atoms with Gasteiger partial charge in [-0.05, 0) is 55.2 Å². The molecule has 0 aromatic heterocycles. The maximum Gasteiger partial charge on any atom is 0.254 e. The summed E-state index contributed by atoms with van der Waals surface area (Å²) in [6.45, 7) is 2.56. The quantitative estimate of drug-likeness (QED) is 0.861. The second-order valence-corrected chi connectivity index (χ2v) is 6.09. The van der Waals surface area contributed by atoms with Gasteiger partial charge in [0.2, 0.25) is 0 Å². The van der Waals surface area contributed by atoms with Gasteiger partial charge in [-0.1, -0.05) is 18.2 Å². The molecular weight excluding hydrogens is 288 g/mol. The molecule has 2 N–H and O–H groups in total. The van der Waals surface area contributed by atoms with Gasteiger partial charge < -0.3 is 15.4 Å². The highest BCUT2D eigenvalue weighted by Crippen LogP contribution is 2.31. The van der Waals surface area contributed by atoms with Crippen LogP contribution in [-0.2, 0) is 6.54 Å². The van der Waals surface area contributed by atoms with Crippen molar-refractivity contribution in [2.75, 3.05) is 12.8 Å². The van der Waals surface area contributed by atoms with E-state index in [1.54, 1.807) is 13.2 Å². The van der Waals surface area contributed by atoms with Gasteiger partial charge in [0.15, 0.2) is 0 Å². The molecule has 0 radical (unpaired) electrons. The second kappa shape index (κ2) is 6.32. The molecule has 1 fully saturated rings. The SMILES string of the molecule is COc1ccc(CN(C(=O)c2cc(N)ccc2C)C2CC2)cc1. The molecule has 0 unspecified atom stereocenters. The number of methoxy groups -OCH3 is 1. The maximum absolute atomic E-state index is 13.0. The summed E-state index contributed by atoms with van der Waals surface area (Å²) in [6.07, 6.45) is 2.15. The molecule has 0 atom stereocenters. The zero-order valence-corrected chi connectivity index (χ0v) is 13.6. The van der Waals surface area contributed by atoms with Crippen molar-refractivity contribution in [3.8, 4) is 5.75 Å². The fourth-order valence-electron chi connectivity index (χ4n) is 2.71. The standard InChI is InChI=1S/C19H22N2O2/c1-13-3-6-15(20)11-18(13)19(22)21(16-7-8-16)12-14-4-9-17(23-2)10-5-14/h3-6,9-11,16H,7-8,12,20H2,1-2H3. The van der Waals surface area contributed by atoms with E-state index < -0.39 is 0 Å². The highest BCUT2D eigenvalue weighted by Gasteiger charge is 2.33. The van der Waals surface area contributed by atoms with Crippen molar-refractivity contribution in [3.05, 3.63) is 59.2 Å². The summed E-state index contributed by atoms with van der Waals surface area (Å²) < 4.78 is 5.19. The smallest absolute Gasteiger partial charge is 0.254 e. The van der Waals surface area contributed by atoms with Crippen LogP contribution in [0.1, 0.15) is 34.3 Å². The number of nitrogens with zero attached hydrogens (tertiary/aromatic N) is 1. The number of nitrogen functional groups attached to an aromatic ring is 1. The second-order valence-electron chi connectivity index (χ2n) is 6.09. The minimum atomic E-state index is 0.0631. The third-order valence-corrected chi connectivity index (χ3v) is 4.25. The average Bonchev–Trinajstić information content (AvgIpc) is 3.39. The van der Waals surface area contributed by atoms with Crippen LogP contribution in [0.2, 0.25) is 0 Å². The van der Waals surface area contributed by atoms with Gasteiger partial charge in [0, 0.05) is 23.8 Å². The first-order valence-corrected chi connectivity index (χ1v) is 7.88. The van der Waals surface area contributed by atoms with Gasteiger partial charge in [-0.25, -0.2) is 0 Å². The van der Waals surface area contributed by atoms with Crippen LogP contribution in [0.5, 0.6) is 5.75 Å². The zero-order chi connectivity index (χ0) is 16.4. The van der Waals surface area contributed by atoms with Gasteiger partial charge >= 0.3 is 0 Å². The Morgan fingerprint density at radius 3 is 2.52 bits per heavy atom. The molecule has 0 saturated heterocycles. The molecule has 0 aliphatic heterocycles. The lowest BCUT2D eigenvalue weighted by molar-refractivity contribution is 0.0729. The predicted octanol–water partition coefficient (Wildman–Crippen LogP) is 3.39. The van der Waals surface area contributed by atoms with Crippen molar-refractivity contribution in [1.82, 2.24) is 4.90 Å². The summed E-state index contributed by atoms with van der Waals surface area (Å²) in [5.74, 6) is 0.887. The number of hydrogen-bond acceptors (Lipinski definition) is 3. The van der Waals surface area contributed by atoms with Crippen LogP contribution in [-0.4, -0.2) is 24.0 Å². The van der Waals surface area contributed by atoms with Gasteiger partial charge in [-0.15, -0.1) is 0 Å². The molecule has 0 heterocycles. The molecule has 3 rings (SSSR count). The zero-order valence-electron chi connectivity index (χ0n) is 13.6. The number of rotatable bonds is 5. The van der Waals surface area contributed by atoms with E-state index in [4.69, 9.17) is 10.5 Å². The normalized spacial score (nSPS) is 13.7. The summed E-state index contributed by atoms with van der Waals surface area (Å²) in [5.41, 5.74) is 9.25. The molecule has 1 saturated carbocycles. The lowest BCUT2D eigenvalue weighted by Crippen LogP contribution is -2.33. The van der Waals surface area contributed by atoms with Crippen LogP contribution in [0.4, 0.5) is 5.69 Å². The van der Waals surface area contributed by atoms with E-state index in [2.05, 4.69) is 0 Å². The van der Waals surface area contributed by atoms with Crippen LogP contribution in [0, 0.1) is 6.92 Å². The largest absolute Gasteiger partial charge is 0.497 e. The molecule has 120 valence electrons. The molecule has 2 aromatic rings. The Morgan fingerprint density at radius 1 is 1.22 bits per heavy atom. The fraction of sp³-hybridized carbons (Fsp3) is 0.316. The molecular formula is C19H22N2O2. The lowest BCUT2D eigenvalue weighted by atomic mass is 10.1. The molecule has 23 heavy (non-hydrogen) atoms. The number of aryl methyl sites for hydroxylation is 1. The Kier molecular flexibility index (Phi) is 4.24. The Bertz CT molecular complexity index is 706. The van der Waals surface area contributed by atoms with Crippen molar-refractivity contribution in [1.29, 1.82) is 0 Å². The monoisotopic (exact) mass is 310 g/mol. The summed E-state index contributed by atoms with van der Waals surface area (Å²) in [7, 11) is 1.65. The molecule has 0 bridgehead atoms. The number of benzene rings is 2. The minimum Gasteiger partial charge on any atom is -0.497 e. The molecule has 1 amide bonds. The van der Waals surface area contributed by atoms with Crippen LogP contribution in [0.25, 0.3) is 0 Å².